The molecule has 0 saturated carbocycles. The Hall–Kier alpha value is -2.87. The molecule has 30 heavy (non-hydrogen) atoms. The van der Waals surface area contributed by atoms with Gasteiger partial charge < -0.3 is 14.5 Å². The first-order chi connectivity index (χ1) is 14.6. The van der Waals surface area contributed by atoms with Gasteiger partial charge in [-0.2, -0.15) is 11.3 Å². The van der Waals surface area contributed by atoms with Crippen LogP contribution in [-0.2, 0) is 11.2 Å². The van der Waals surface area contributed by atoms with Gasteiger partial charge in [0.2, 0.25) is 17.7 Å². The zero-order valence-corrected chi connectivity index (χ0v) is 17.8. The van der Waals surface area contributed by atoms with Gasteiger partial charge in [0.05, 0.1) is 5.69 Å². The van der Waals surface area contributed by atoms with Gasteiger partial charge in [-0.15, -0.1) is 10.2 Å². The van der Waals surface area contributed by atoms with Crippen molar-refractivity contribution in [1.82, 2.24) is 10.2 Å². The Morgan fingerprint density at radius 1 is 1.07 bits per heavy atom. The maximum Gasteiger partial charge on any atom is 0.248 e. The monoisotopic (exact) mass is 459 g/mol. The van der Waals surface area contributed by atoms with Gasteiger partial charge in [-0.25, -0.2) is 0 Å². The van der Waals surface area contributed by atoms with Crippen molar-refractivity contribution in [3.8, 4) is 23.0 Å². The number of carbonyl (C=O) groups excluding carboxylic acids is 1. The Morgan fingerprint density at radius 2 is 1.87 bits per heavy atom. The highest BCUT2D eigenvalue weighted by Gasteiger charge is 2.13. The molecular weight excluding hydrogens is 445 g/mol. The first kappa shape index (κ1) is 20.4. The molecule has 0 spiro atoms. The van der Waals surface area contributed by atoms with Gasteiger partial charge in [-0.3, -0.25) is 4.79 Å². The molecule has 9 heteroatoms. The minimum atomic E-state index is -0.228. The number of nitrogens with one attached hydrogen (secondary N) is 1. The number of anilines is 1. The molecule has 0 aliphatic rings. The fourth-order valence-electron chi connectivity index (χ4n) is 2.61. The molecule has 2 aromatic heterocycles. The lowest BCUT2D eigenvalue weighted by molar-refractivity contribution is -0.116. The van der Waals surface area contributed by atoms with Crippen molar-refractivity contribution >= 4 is 46.1 Å². The molecule has 0 fully saturated rings. The van der Waals surface area contributed by atoms with E-state index in [-0.39, 0.29) is 12.3 Å². The lowest BCUT2D eigenvalue weighted by Crippen LogP contribution is -2.13. The number of aryl methyl sites for hydroxylation is 1. The molecule has 0 unspecified atom stereocenters. The molecule has 1 amide bonds. The number of hydrogen-bond donors (Lipinski definition) is 1. The maximum atomic E-state index is 12.5. The quantitative estimate of drug-likeness (QED) is 0.342. The van der Waals surface area contributed by atoms with E-state index in [1.165, 1.54) is 0 Å². The lowest BCUT2D eigenvalue weighted by atomic mass is 10.2. The summed E-state index contributed by atoms with van der Waals surface area (Å²) in [4.78, 5) is 12.5. The third-order valence-electron chi connectivity index (χ3n) is 4.06. The summed E-state index contributed by atoms with van der Waals surface area (Å²) in [7, 11) is 0. The molecule has 0 radical (unpaired) electrons. The Kier molecular flexibility index (Phi) is 6.32. The number of thiophene rings is 1. The van der Waals surface area contributed by atoms with Crippen LogP contribution in [0.15, 0.2) is 63.7 Å². The molecule has 0 aliphatic heterocycles. The van der Waals surface area contributed by atoms with Gasteiger partial charge in [0.1, 0.15) is 5.75 Å². The van der Waals surface area contributed by atoms with E-state index in [2.05, 4.69) is 15.5 Å². The van der Waals surface area contributed by atoms with E-state index in [0.717, 1.165) is 5.56 Å². The smallest absolute Gasteiger partial charge is 0.248 e. The van der Waals surface area contributed by atoms with Crippen LogP contribution in [0.2, 0.25) is 10.0 Å². The summed E-state index contributed by atoms with van der Waals surface area (Å²) in [6.07, 6.45) is 0.481. The van der Waals surface area contributed by atoms with Crippen LogP contribution in [0.25, 0.3) is 11.5 Å². The Morgan fingerprint density at radius 3 is 2.63 bits per heavy atom. The Bertz CT molecular complexity index is 1140. The fourth-order valence-corrected chi connectivity index (χ4v) is 3.54. The SMILES string of the molecule is O=C(CCc1nnc(-c2ccsc2)o1)Nc1cc(Cl)ccc1Oc1ccc(Cl)cc1. The van der Waals surface area contributed by atoms with Crippen LogP contribution in [0.1, 0.15) is 12.3 Å². The molecule has 6 nitrogen and oxygen atoms in total. The van der Waals surface area contributed by atoms with Gasteiger partial charge in [0.15, 0.2) is 5.75 Å². The minimum Gasteiger partial charge on any atom is -0.455 e. The second kappa shape index (κ2) is 9.30. The van der Waals surface area contributed by atoms with Crippen LogP contribution < -0.4 is 10.1 Å². The van der Waals surface area contributed by atoms with E-state index in [0.29, 0.717) is 45.4 Å². The first-order valence-corrected chi connectivity index (χ1v) is 10.6. The molecule has 2 heterocycles. The Balaban J connectivity index is 1.40. The van der Waals surface area contributed by atoms with Crippen molar-refractivity contribution in [3.05, 3.63) is 75.2 Å². The molecule has 0 bridgehead atoms. The topological polar surface area (TPSA) is 77.2 Å². The van der Waals surface area contributed by atoms with Crippen LogP contribution in [0, 0.1) is 0 Å². The van der Waals surface area contributed by atoms with Crippen LogP contribution in [0.4, 0.5) is 5.69 Å². The number of nitrogens with zero attached hydrogens (tertiary/aromatic N) is 2. The molecule has 152 valence electrons. The van der Waals surface area contributed by atoms with Gasteiger partial charge >= 0.3 is 0 Å². The highest BCUT2D eigenvalue weighted by Crippen LogP contribution is 2.32. The van der Waals surface area contributed by atoms with E-state index in [1.54, 1.807) is 53.8 Å². The number of carbonyl (C=O) groups is 1. The molecule has 0 aliphatic carbocycles. The van der Waals surface area contributed by atoms with Crippen LogP contribution in [0.5, 0.6) is 11.5 Å². The number of halogens is 2. The standard InChI is InChI=1S/C21H15Cl2N3O3S/c22-14-1-4-16(5-2-14)28-18-6-3-15(23)11-17(18)24-19(27)7-8-20-25-26-21(29-20)13-9-10-30-12-13/h1-6,9-12H,7-8H2,(H,24,27). The molecule has 0 saturated heterocycles. The molecule has 0 atom stereocenters. The number of aromatic nitrogens is 2. The Labute approximate surface area is 186 Å². The largest absolute Gasteiger partial charge is 0.455 e. The van der Waals surface area contributed by atoms with E-state index in [4.69, 9.17) is 32.4 Å². The third kappa shape index (κ3) is 5.18. The molecule has 2 aromatic carbocycles. The van der Waals surface area contributed by atoms with E-state index >= 15 is 0 Å². The zero-order valence-electron chi connectivity index (χ0n) is 15.5. The van der Waals surface area contributed by atoms with Crippen molar-refractivity contribution in [2.45, 2.75) is 12.8 Å². The summed E-state index contributed by atoms with van der Waals surface area (Å²) in [6.45, 7) is 0. The van der Waals surface area contributed by atoms with Crippen molar-refractivity contribution in [2.24, 2.45) is 0 Å². The molecular formula is C21H15Cl2N3O3S. The van der Waals surface area contributed by atoms with E-state index < -0.39 is 0 Å². The lowest BCUT2D eigenvalue weighted by Gasteiger charge is -2.12. The predicted octanol–water partition coefficient (Wildman–Crippen LogP) is 6.47. The van der Waals surface area contributed by atoms with Crippen LogP contribution in [-0.4, -0.2) is 16.1 Å². The number of hydrogen-bond acceptors (Lipinski definition) is 6. The average molecular weight is 460 g/mol. The summed E-state index contributed by atoms with van der Waals surface area (Å²) in [5, 5.41) is 15.8. The second-order valence-electron chi connectivity index (χ2n) is 6.26. The zero-order chi connectivity index (χ0) is 20.9. The fraction of sp³-hybridized carbons (Fsp3) is 0.0952. The van der Waals surface area contributed by atoms with Gasteiger partial charge in [-0.05, 0) is 53.9 Å². The van der Waals surface area contributed by atoms with E-state index in [1.807, 2.05) is 16.8 Å². The molecule has 4 rings (SSSR count). The highest BCUT2D eigenvalue weighted by molar-refractivity contribution is 7.08. The van der Waals surface area contributed by atoms with Crippen LogP contribution >= 0.6 is 34.5 Å². The number of rotatable bonds is 7. The summed E-state index contributed by atoms with van der Waals surface area (Å²) in [6, 6.07) is 13.8. The van der Waals surface area contributed by atoms with Crippen molar-refractivity contribution in [2.75, 3.05) is 5.32 Å². The van der Waals surface area contributed by atoms with Crippen molar-refractivity contribution in [3.63, 3.8) is 0 Å². The van der Waals surface area contributed by atoms with Gasteiger partial charge in [0.25, 0.3) is 0 Å². The number of amides is 1. The maximum absolute atomic E-state index is 12.5. The minimum absolute atomic E-state index is 0.165. The van der Waals surface area contributed by atoms with Crippen LogP contribution in [0.3, 0.4) is 0 Å². The third-order valence-corrected chi connectivity index (χ3v) is 5.23. The molecule has 1 N–H and O–H groups in total. The second-order valence-corrected chi connectivity index (χ2v) is 7.91. The summed E-state index contributed by atoms with van der Waals surface area (Å²) in [5.74, 6) is 1.67. The van der Waals surface area contributed by atoms with E-state index in [9.17, 15) is 4.79 Å². The summed E-state index contributed by atoms with van der Waals surface area (Å²) in [5.41, 5.74) is 1.33. The number of benzene rings is 2. The van der Waals surface area contributed by atoms with Gasteiger partial charge in [0, 0.05) is 33.8 Å². The van der Waals surface area contributed by atoms with Crippen molar-refractivity contribution in [1.29, 1.82) is 0 Å². The first-order valence-electron chi connectivity index (χ1n) is 8.94. The summed E-state index contributed by atoms with van der Waals surface area (Å²) >= 11 is 13.5. The number of ether oxygens (including phenoxy) is 1. The normalized spacial score (nSPS) is 10.7. The summed E-state index contributed by atoms with van der Waals surface area (Å²) < 4.78 is 11.5. The molecule has 4 aromatic rings. The highest BCUT2D eigenvalue weighted by atomic mass is 35.5. The van der Waals surface area contributed by atoms with Crippen molar-refractivity contribution < 1.29 is 13.9 Å². The van der Waals surface area contributed by atoms with Gasteiger partial charge in [-0.1, -0.05) is 23.2 Å². The average Bonchev–Trinajstić information content (AvgIpc) is 3.42. The predicted molar refractivity (Wildman–Crippen MR) is 118 cm³/mol.